The second kappa shape index (κ2) is 5.90. The van der Waals surface area contributed by atoms with Gasteiger partial charge in [-0.2, -0.15) is 4.98 Å². The number of aromatic nitrogens is 4. The molecule has 0 bridgehead atoms. The van der Waals surface area contributed by atoms with Crippen LogP contribution in [0, 0.1) is 0 Å². The van der Waals surface area contributed by atoms with E-state index >= 15 is 0 Å². The zero-order chi connectivity index (χ0) is 13.8. The van der Waals surface area contributed by atoms with Crippen LogP contribution in [0.25, 0.3) is 0 Å². The van der Waals surface area contributed by atoms with Crippen molar-refractivity contribution in [2.75, 3.05) is 24.6 Å². The summed E-state index contributed by atoms with van der Waals surface area (Å²) in [6.07, 6.45) is 9.43. The van der Waals surface area contributed by atoms with Gasteiger partial charge in [0.1, 0.15) is 5.82 Å². The van der Waals surface area contributed by atoms with Crippen molar-refractivity contribution >= 4 is 5.82 Å². The van der Waals surface area contributed by atoms with E-state index in [1.165, 1.54) is 0 Å². The number of nitrogens with one attached hydrogen (secondary N) is 1. The highest BCUT2D eigenvalue weighted by molar-refractivity contribution is 5.38. The molecule has 2 aromatic heterocycles. The summed E-state index contributed by atoms with van der Waals surface area (Å²) < 4.78 is 5.42. The molecule has 1 atom stereocenters. The summed E-state index contributed by atoms with van der Waals surface area (Å²) in [6, 6.07) is 0. The highest BCUT2D eigenvalue weighted by atomic mass is 16.5. The van der Waals surface area contributed by atoms with Gasteiger partial charge in [-0.05, 0) is 19.8 Å². The Morgan fingerprint density at radius 2 is 2.40 bits per heavy atom. The van der Waals surface area contributed by atoms with E-state index in [2.05, 4.69) is 24.8 Å². The van der Waals surface area contributed by atoms with E-state index in [0.717, 1.165) is 37.6 Å². The van der Waals surface area contributed by atoms with Crippen LogP contribution in [0.3, 0.4) is 0 Å². The lowest BCUT2D eigenvalue weighted by molar-refractivity contribution is 0.325. The van der Waals surface area contributed by atoms with Gasteiger partial charge in [0.2, 0.25) is 5.88 Å². The molecule has 20 heavy (non-hydrogen) atoms. The van der Waals surface area contributed by atoms with E-state index in [1.807, 2.05) is 19.3 Å². The maximum atomic E-state index is 5.42. The molecule has 1 saturated heterocycles. The normalized spacial score (nSPS) is 19.1. The average molecular weight is 273 g/mol. The third-order valence-electron chi connectivity index (χ3n) is 3.54. The minimum Gasteiger partial charge on any atom is -0.477 e. The van der Waals surface area contributed by atoms with E-state index in [9.17, 15) is 0 Å². The Bertz CT molecular complexity index is 542. The molecule has 106 valence electrons. The maximum Gasteiger partial charge on any atom is 0.234 e. The largest absolute Gasteiger partial charge is 0.477 e. The van der Waals surface area contributed by atoms with Crippen LogP contribution in [0.1, 0.15) is 31.5 Å². The highest BCUT2D eigenvalue weighted by Crippen LogP contribution is 2.27. The van der Waals surface area contributed by atoms with Crippen molar-refractivity contribution in [2.45, 2.75) is 25.7 Å². The summed E-state index contributed by atoms with van der Waals surface area (Å²) in [6.45, 7) is 4.47. The Balaban J connectivity index is 1.74. The fourth-order valence-corrected chi connectivity index (χ4v) is 2.62. The van der Waals surface area contributed by atoms with Gasteiger partial charge >= 0.3 is 0 Å². The molecule has 0 spiro atoms. The van der Waals surface area contributed by atoms with Crippen LogP contribution in [0.2, 0.25) is 0 Å². The molecule has 0 amide bonds. The predicted octanol–water partition coefficient (Wildman–Crippen LogP) is 1.98. The molecule has 1 aliphatic heterocycles. The second-order valence-corrected chi connectivity index (χ2v) is 4.91. The minimum absolute atomic E-state index is 0.427. The Morgan fingerprint density at radius 3 is 3.20 bits per heavy atom. The minimum atomic E-state index is 0.427. The first-order valence-electron chi connectivity index (χ1n) is 7.06. The number of hydrogen-bond acceptors (Lipinski definition) is 5. The molecule has 0 aromatic carbocycles. The van der Waals surface area contributed by atoms with Crippen molar-refractivity contribution in [3.63, 3.8) is 0 Å². The first-order chi connectivity index (χ1) is 9.86. The van der Waals surface area contributed by atoms with Gasteiger partial charge in [-0.25, -0.2) is 4.98 Å². The van der Waals surface area contributed by atoms with Crippen molar-refractivity contribution < 1.29 is 4.74 Å². The van der Waals surface area contributed by atoms with Gasteiger partial charge in [-0.15, -0.1) is 0 Å². The molecular formula is C14H19N5O. The number of rotatable bonds is 4. The van der Waals surface area contributed by atoms with Crippen LogP contribution in [-0.2, 0) is 0 Å². The van der Waals surface area contributed by atoms with Crippen LogP contribution in [0.5, 0.6) is 5.88 Å². The van der Waals surface area contributed by atoms with Crippen LogP contribution in [-0.4, -0.2) is 39.6 Å². The quantitative estimate of drug-likeness (QED) is 0.922. The summed E-state index contributed by atoms with van der Waals surface area (Å²) >= 11 is 0. The van der Waals surface area contributed by atoms with Crippen LogP contribution >= 0.6 is 0 Å². The molecule has 1 N–H and O–H groups in total. The Kier molecular flexibility index (Phi) is 3.80. The van der Waals surface area contributed by atoms with Gasteiger partial charge < -0.3 is 14.6 Å². The highest BCUT2D eigenvalue weighted by Gasteiger charge is 2.24. The summed E-state index contributed by atoms with van der Waals surface area (Å²) in [5.41, 5.74) is 0. The van der Waals surface area contributed by atoms with Crippen LogP contribution in [0.4, 0.5) is 5.82 Å². The van der Waals surface area contributed by atoms with E-state index in [-0.39, 0.29) is 0 Å². The molecule has 3 heterocycles. The fourth-order valence-electron chi connectivity index (χ4n) is 2.62. The van der Waals surface area contributed by atoms with E-state index in [0.29, 0.717) is 18.4 Å². The van der Waals surface area contributed by atoms with E-state index in [1.54, 1.807) is 12.4 Å². The summed E-state index contributed by atoms with van der Waals surface area (Å²) in [5.74, 6) is 2.96. The topological polar surface area (TPSA) is 66.9 Å². The van der Waals surface area contributed by atoms with Gasteiger partial charge in [0.25, 0.3) is 0 Å². The van der Waals surface area contributed by atoms with Crippen LogP contribution in [0.15, 0.2) is 24.8 Å². The van der Waals surface area contributed by atoms with E-state index in [4.69, 9.17) is 4.74 Å². The predicted molar refractivity (Wildman–Crippen MR) is 76.0 cm³/mol. The molecule has 2 aromatic rings. The average Bonchev–Trinajstić information content (AvgIpc) is 3.02. The van der Waals surface area contributed by atoms with Crippen molar-refractivity contribution in [2.24, 2.45) is 0 Å². The van der Waals surface area contributed by atoms with Crippen molar-refractivity contribution in [1.82, 2.24) is 19.9 Å². The summed E-state index contributed by atoms with van der Waals surface area (Å²) in [4.78, 5) is 18.6. The fraction of sp³-hybridized carbons (Fsp3) is 0.500. The monoisotopic (exact) mass is 273 g/mol. The van der Waals surface area contributed by atoms with Crippen molar-refractivity contribution in [3.8, 4) is 5.88 Å². The van der Waals surface area contributed by atoms with E-state index < -0.39 is 0 Å². The SMILES string of the molecule is CCOc1cncc(N2CCCC(c3ncc[nH]3)C2)n1. The maximum absolute atomic E-state index is 5.42. The lowest BCUT2D eigenvalue weighted by Gasteiger charge is -2.32. The number of anilines is 1. The number of H-pyrrole nitrogens is 1. The number of imidazole rings is 1. The zero-order valence-electron chi connectivity index (χ0n) is 11.6. The lowest BCUT2D eigenvalue weighted by atomic mass is 9.97. The van der Waals surface area contributed by atoms with Crippen molar-refractivity contribution in [1.29, 1.82) is 0 Å². The van der Waals surface area contributed by atoms with Gasteiger partial charge in [-0.1, -0.05) is 0 Å². The number of hydrogen-bond donors (Lipinski definition) is 1. The van der Waals surface area contributed by atoms with Gasteiger partial charge in [-0.3, -0.25) is 4.98 Å². The standard InChI is InChI=1S/C14H19N5O/c1-2-20-13-9-15-8-12(18-13)19-7-3-4-11(10-19)14-16-5-6-17-14/h5-6,8-9,11H,2-4,7,10H2,1H3,(H,16,17). The number of ether oxygens (including phenoxy) is 1. The smallest absolute Gasteiger partial charge is 0.234 e. The summed E-state index contributed by atoms with van der Waals surface area (Å²) in [7, 11) is 0. The molecular weight excluding hydrogens is 254 g/mol. The van der Waals surface area contributed by atoms with Gasteiger partial charge in [0.15, 0.2) is 5.82 Å². The first kappa shape index (κ1) is 12.9. The van der Waals surface area contributed by atoms with Crippen LogP contribution < -0.4 is 9.64 Å². The molecule has 1 aliphatic rings. The Labute approximate surface area is 118 Å². The third-order valence-corrected chi connectivity index (χ3v) is 3.54. The van der Waals surface area contributed by atoms with Gasteiger partial charge in [0.05, 0.1) is 19.0 Å². The Morgan fingerprint density at radius 1 is 1.45 bits per heavy atom. The molecule has 1 fully saturated rings. The molecule has 1 unspecified atom stereocenters. The number of piperidine rings is 1. The number of aromatic amines is 1. The van der Waals surface area contributed by atoms with Gasteiger partial charge in [0, 0.05) is 31.4 Å². The molecule has 6 nitrogen and oxygen atoms in total. The molecule has 6 heteroatoms. The molecule has 0 radical (unpaired) electrons. The molecule has 3 rings (SSSR count). The second-order valence-electron chi connectivity index (χ2n) is 4.91. The molecule has 0 aliphatic carbocycles. The lowest BCUT2D eigenvalue weighted by Crippen LogP contribution is -2.35. The first-order valence-corrected chi connectivity index (χ1v) is 7.06. The zero-order valence-corrected chi connectivity index (χ0v) is 11.6. The number of nitrogens with zero attached hydrogens (tertiary/aromatic N) is 4. The summed E-state index contributed by atoms with van der Waals surface area (Å²) in [5, 5.41) is 0. The molecule has 0 saturated carbocycles. The van der Waals surface area contributed by atoms with Crippen molar-refractivity contribution in [3.05, 3.63) is 30.6 Å². The third kappa shape index (κ3) is 2.74. The Hall–Kier alpha value is -2.11.